The number of rotatable bonds is 4. The molecule has 1 fully saturated rings. The molecule has 1 atom stereocenters. The third-order valence-electron chi connectivity index (χ3n) is 3.34. The van der Waals surface area contributed by atoms with Gasteiger partial charge in [-0.05, 0) is 31.8 Å². The number of nitrogens with one attached hydrogen (secondary N) is 1. The number of hydrogen-bond acceptors (Lipinski definition) is 5. The number of nitrogens with zero attached hydrogens (tertiary/aromatic N) is 4. The summed E-state index contributed by atoms with van der Waals surface area (Å²) >= 11 is 1.67. The number of aryl methyl sites for hydroxylation is 2. The van der Waals surface area contributed by atoms with Crippen molar-refractivity contribution in [3.8, 4) is 0 Å². The van der Waals surface area contributed by atoms with Gasteiger partial charge in [-0.3, -0.25) is 0 Å². The molecule has 3 rings (SSSR count). The van der Waals surface area contributed by atoms with Gasteiger partial charge in [0.25, 0.3) is 0 Å². The fourth-order valence-electron chi connectivity index (χ4n) is 2.31. The molecule has 92 valence electrons. The normalized spacial score (nSPS) is 20.4. The predicted octanol–water partition coefficient (Wildman–Crippen LogP) is 1.29. The monoisotopic (exact) mass is 251 g/mol. The Kier molecular flexibility index (Phi) is 3.07. The Morgan fingerprint density at radius 1 is 1.47 bits per heavy atom. The lowest BCUT2D eigenvalue weighted by atomic mass is 10.0. The summed E-state index contributed by atoms with van der Waals surface area (Å²) in [4.78, 5) is 0.932. The second-order valence-corrected chi connectivity index (χ2v) is 5.60. The lowest BCUT2D eigenvalue weighted by Gasteiger charge is -2.04. The molecule has 1 saturated heterocycles. The molecule has 3 heterocycles. The summed E-state index contributed by atoms with van der Waals surface area (Å²) < 4.78 is 1.90. The average molecular weight is 251 g/mol. The van der Waals surface area contributed by atoms with E-state index in [1.807, 2.05) is 4.52 Å². The van der Waals surface area contributed by atoms with Crippen LogP contribution in [0.25, 0.3) is 4.96 Å². The zero-order valence-electron chi connectivity index (χ0n) is 10.0. The first kappa shape index (κ1) is 11.1. The highest BCUT2D eigenvalue weighted by atomic mass is 32.1. The van der Waals surface area contributed by atoms with Crippen LogP contribution in [0.2, 0.25) is 0 Å². The summed E-state index contributed by atoms with van der Waals surface area (Å²) in [6.07, 6.45) is 4.50. The van der Waals surface area contributed by atoms with Gasteiger partial charge in [-0.1, -0.05) is 18.3 Å². The lowest BCUT2D eigenvalue weighted by molar-refractivity contribution is 0.530. The van der Waals surface area contributed by atoms with Crippen molar-refractivity contribution in [3.63, 3.8) is 0 Å². The van der Waals surface area contributed by atoms with E-state index >= 15 is 0 Å². The van der Waals surface area contributed by atoms with Crippen LogP contribution in [0, 0.1) is 5.92 Å². The summed E-state index contributed by atoms with van der Waals surface area (Å²) in [7, 11) is 0. The highest BCUT2D eigenvalue weighted by Gasteiger charge is 2.16. The van der Waals surface area contributed by atoms with Gasteiger partial charge in [0.1, 0.15) is 5.01 Å². The molecule has 0 aliphatic carbocycles. The van der Waals surface area contributed by atoms with Gasteiger partial charge >= 0.3 is 0 Å². The van der Waals surface area contributed by atoms with E-state index < -0.39 is 0 Å². The number of fused-ring (bicyclic) bond motifs is 1. The predicted molar refractivity (Wildman–Crippen MR) is 67.3 cm³/mol. The summed E-state index contributed by atoms with van der Waals surface area (Å²) in [5.41, 5.74) is 0. The van der Waals surface area contributed by atoms with Crippen LogP contribution in [0.15, 0.2) is 0 Å². The molecule has 1 aliphatic heterocycles. The van der Waals surface area contributed by atoms with Crippen molar-refractivity contribution in [2.45, 2.75) is 32.6 Å². The van der Waals surface area contributed by atoms with E-state index in [1.165, 1.54) is 30.9 Å². The standard InChI is InChI=1S/C11H17N5S/c1-2-9-13-14-11-16(9)15-10(17-11)4-3-8-5-6-12-7-8/h8,12H,2-7H2,1H3. The van der Waals surface area contributed by atoms with Crippen molar-refractivity contribution in [1.82, 2.24) is 25.1 Å². The van der Waals surface area contributed by atoms with E-state index in [4.69, 9.17) is 0 Å². The Morgan fingerprint density at radius 2 is 2.41 bits per heavy atom. The van der Waals surface area contributed by atoms with Crippen LogP contribution in [-0.4, -0.2) is 32.9 Å². The Labute approximate surface area is 104 Å². The van der Waals surface area contributed by atoms with Gasteiger partial charge in [-0.15, -0.1) is 10.2 Å². The zero-order valence-corrected chi connectivity index (χ0v) is 10.8. The third kappa shape index (κ3) is 2.19. The van der Waals surface area contributed by atoms with Gasteiger partial charge in [-0.25, -0.2) is 0 Å². The van der Waals surface area contributed by atoms with Gasteiger partial charge in [-0.2, -0.15) is 9.61 Å². The third-order valence-corrected chi connectivity index (χ3v) is 4.30. The summed E-state index contributed by atoms with van der Waals surface area (Å²) in [5, 5.41) is 17.4. The molecule has 0 radical (unpaired) electrons. The molecule has 6 heteroatoms. The maximum Gasteiger partial charge on any atom is 0.234 e. The quantitative estimate of drug-likeness (QED) is 0.889. The molecule has 0 aromatic carbocycles. The van der Waals surface area contributed by atoms with Gasteiger partial charge < -0.3 is 5.32 Å². The number of aromatic nitrogens is 4. The van der Waals surface area contributed by atoms with Crippen LogP contribution in [0.1, 0.15) is 30.6 Å². The fourth-order valence-corrected chi connectivity index (χ4v) is 3.17. The molecular formula is C11H17N5S. The Hall–Kier alpha value is -1.01. The molecule has 0 saturated carbocycles. The van der Waals surface area contributed by atoms with Crippen LogP contribution >= 0.6 is 11.3 Å². The molecule has 17 heavy (non-hydrogen) atoms. The zero-order chi connectivity index (χ0) is 11.7. The van der Waals surface area contributed by atoms with Crippen LogP contribution in [0.5, 0.6) is 0 Å². The van der Waals surface area contributed by atoms with E-state index in [1.54, 1.807) is 11.3 Å². The summed E-state index contributed by atoms with van der Waals surface area (Å²) in [6, 6.07) is 0. The van der Waals surface area contributed by atoms with Gasteiger partial charge in [0, 0.05) is 12.8 Å². The van der Waals surface area contributed by atoms with E-state index in [0.29, 0.717) is 0 Å². The van der Waals surface area contributed by atoms with Gasteiger partial charge in [0.15, 0.2) is 5.82 Å². The van der Waals surface area contributed by atoms with Crippen molar-refractivity contribution >= 4 is 16.3 Å². The highest BCUT2D eigenvalue weighted by Crippen LogP contribution is 2.20. The number of hydrogen-bond donors (Lipinski definition) is 1. The molecule has 1 N–H and O–H groups in total. The van der Waals surface area contributed by atoms with E-state index in [9.17, 15) is 0 Å². The van der Waals surface area contributed by atoms with Crippen molar-refractivity contribution in [3.05, 3.63) is 10.8 Å². The Bertz CT molecular complexity index is 497. The Morgan fingerprint density at radius 3 is 3.18 bits per heavy atom. The van der Waals surface area contributed by atoms with Crippen LogP contribution in [0.4, 0.5) is 0 Å². The van der Waals surface area contributed by atoms with Crippen LogP contribution in [-0.2, 0) is 12.8 Å². The minimum atomic E-state index is 0.829. The minimum absolute atomic E-state index is 0.829. The maximum absolute atomic E-state index is 4.59. The molecule has 1 unspecified atom stereocenters. The molecule has 0 amide bonds. The van der Waals surface area contributed by atoms with Crippen molar-refractivity contribution < 1.29 is 0 Å². The first-order valence-electron chi connectivity index (χ1n) is 6.27. The molecule has 1 aliphatic rings. The second kappa shape index (κ2) is 4.70. The summed E-state index contributed by atoms with van der Waals surface area (Å²) in [5.74, 6) is 1.79. The smallest absolute Gasteiger partial charge is 0.234 e. The molecule has 2 aromatic rings. The summed E-state index contributed by atoms with van der Waals surface area (Å²) in [6.45, 7) is 4.43. The SMILES string of the molecule is CCc1nnc2sc(CCC3CCNC3)nn12. The lowest BCUT2D eigenvalue weighted by Crippen LogP contribution is -2.09. The average Bonchev–Trinajstić information content (AvgIpc) is 3.02. The molecule has 5 nitrogen and oxygen atoms in total. The van der Waals surface area contributed by atoms with Crippen molar-refractivity contribution in [1.29, 1.82) is 0 Å². The maximum atomic E-state index is 4.59. The van der Waals surface area contributed by atoms with E-state index in [-0.39, 0.29) is 0 Å². The minimum Gasteiger partial charge on any atom is -0.316 e. The van der Waals surface area contributed by atoms with E-state index in [0.717, 1.165) is 29.5 Å². The van der Waals surface area contributed by atoms with Crippen molar-refractivity contribution in [2.75, 3.05) is 13.1 Å². The fraction of sp³-hybridized carbons (Fsp3) is 0.727. The molecule has 2 aromatic heterocycles. The van der Waals surface area contributed by atoms with Crippen molar-refractivity contribution in [2.24, 2.45) is 5.92 Å². The van der Waals surface area contributed by atoms with Crippen LogP contribution < -0.4 is 5.32 Å². The first-order chi connectivity index (χ1) is 8.36. The topological polar surface area (TPSA) is 55.1 Å². The highest BCUT2D eigenvalue weighted by molar-refractivity contribution is 7.16. The van der Waals surface area contributed by atoms with Gasteiger partial charge in [0.05, 0.1) is 0 Å². The molecular weight excluding hydrogens is 234 g/mol. The second-order valence-electron chi connectivity index (χ2n) is 4.56. The largest absolute Gasteiger partial charge is 0.316 e. The Balaban J connectivity index is 1.70. The molecule has 0 bridgehead atoms. The molecule has 0 spiro atoms. The van der Waals surface area contributed by atoms with E-state index in [2.05, 4.69) is 27.5 Å². The van der Waals surface area contributed by atoms with Gasteiger partial charge in [0.2, 0.25) is 4.96 Å². The van der Waals surface area contributed by atoms with Crippen LogP contribution in [0.3, 0.4) is 0 Å². The first-order valence-corrected chi connectivity index (χ1v) is 7.09.